The average Bonchev–Trinajstić information content (AvgIpc) is 2.73. The molecule has 3 heteroatoms. The van der Waals surface area contributed by atoms with Gasteiger partial charge in [0.2, 0.25) is 0 Å². The van der Waals surface area contributed by atoms with Crippen LogP contribution in [0.15, 0.2) is 54.6 Å². The van der Waals surface area contributed by atoms with Gasteiger partial charge in [0.05, 0.1) is 6.61 Å². The van der Waals surface area contributed by atoms with Gasteiger partial charge >= 0.3 is 0 Å². The lowest BCUT2D eigenvalue weighted by molar-refractivity contribution is 0.198. The normalized spacial score (nSPS) is 16.1. The zero-order valence-corrected chi connectivity index (χ0v) is 17.4. The van der Waals surface area contributed by atoms with Gasteiger partial charge < -0.3 is 14.4 Å². The molecule has 0 aromatic heterocycles. The van der Waals surface area contributed by atoms with E-state index in [0.717, 1.165) is 37.5 Å². The average molecular weight is 381 g/mol. The molecule has 0 N–H and O–H groups in total. The summed E-state index contributed by atoms with van der Waals surface area (Å²) in [6.07, 6.45) is 6.13. The number of ether oxygens (including phenoxy) is 2. The fraction of sp³-hybridized carbons (Fsp3) is 0.480. The summed E-state index contributed by atoms with van der Waals surface area (Å²) in [5.74, 6) is 3.17. The van der Waals surface area contributed by atoms with Crippen LogP contribution < -0.4 is 9.47 Å². The number of benzene rings is 2. The van der Waals surface area contributed by atoms with Gasteiger partial charge in [-0.05, 0) is 74.5 Å². The Hall–Kier alpha value is -2.00. The molecule has 1 unspecified atom stereocenters. The van der Waals surface area contributed by atoms with E-state index in [2.05, 4.69) is 43.0 Å². The number of likely N-dealkylation sites (tertiary alicyclic amines) is 1. The minimum Gasteiger partial charge on any atom is -0.494 e. The summed E-state index contributed by atoms with van der Waals surface area (Å²) in [5, 5.41) is 0. The molecule has 0 amide bonds. The van der Waals surface area contributed by atoms with Crippen molar-refractivity contribution >= 4 is 0 Å². The molecule has 2 aromatic rings. The number of rotatable bonds is 10. The first-order valence-electron chi connectivity index (χ1n) is 10.7. The van der Waals surface area contributed by atoms with Crippen LogP contribution in [0.2, 0.25) is 0 Å². The van der Waals surface area contributed by atoms with E-state index in [1.54, 1.807) is 0 Å². The molecule has 1 aliphatic heterocycles. The van der Waals surface area contributed by atoms with Gasteiger partial charge in [-0.3, -0.25) is 0 Å². The second kappa shape index (κ2) is 11.1. The van der Waals surface area contributed by atoms with Gasteiger partial charge in [-0.15, -0.1) is 0 Å². The third-order valence-corrected chi connectivity index (χ3v) is 5.20. The highest BCUT2D eigenvalue weighted by Gasteiger charge is 2.15. The quantitative estimate of drug-likeness (QED) is 0.467. The van der Waals surface area contributed by atoms with Gasteiger partial charge in [-0.25, -0.2) is 0 Å². The second-order valence-electron chi connectivity index (χ2n) is 8.00. The Kier molecular flexibility index (Phi) is 8.23. The molecule has 2 aromatic carbocycles. The lowest BCUT2D eigenvalue weighted by Gasteiger charge is -2.26. The highest BCUT2D eigenvalue weighted by molar-refractivity contribution is 5.32. The van der Waals surface area contributed by atoms with Gasteiger partial charge in [0, 0.05) is 6.54 Å². The molecule has 3 nitrogen and oxygen atoms in total. The molecule has 1 radical (unpaired) electrons. The molecule has 0 aliphatic carbocycles. The standard InChI is InChI=1S/C25H34NO2/c1-21(2)20-25(22-10-5-3-6-11-22)28-24-14-12-23(13-15-24)27-19-9-18-26-16-7-4-8-17-26/h3,5-6,10-15,25H,4,7-9,16-20H2,1-2H3. The lowest BCUT2D eigenvalue weighted by atomic mass is 9.99. The van der Waals surface area contributed by atoms with Crippen LogP contribution in [0.25, 0.3) is 0 Å². The van der Waals surface area contributed by atoms with Crippen molar-refractivity contribution in [1.82, 2.24) is 4.90 Å². The Morgan fingerprint density at radius 2 is 1.57 bits per heavy atom. The lowest BCUT2D eigenvalue weighted by Crippen LogP contribution is -2.31. The Morgan fingerprint density at radius 3 is 2.25 bits per heavy atom. The Morgan fingerprint density at radius 1 is 0.893 bits per heavy atom. The predicted molar refractivity (Wildman–Crippen MR) is 116 cm³/mol. The van der Waals surface area contributed by atoms with Crippen LogP contribution in [0.5, 0.6) is 11.5 Å². The third-order valence-electron chi connectivity index (χ3n) is 5.20. The molecule has 0 spiro atoms. The smallest absolute Gasteiger partial charge is 0.124 e. The summed E-state index contributed by atoms with van der Waals surface area (Å²) in [6, 6.07) is 18.5. The van der Waals surface area contributed by atoms with Crippen molar-refractivity contribution in [3.8, 4) is 11.5 Å². The van der Waals surface area contributed by atoms with Crippen molar-refractivity contribution in [3.05, 3.63) is 66.1 Å². The summed E-state index contributed by atoms with van der Waals surface area (Å²) >= 11 is 0. The van der Waals surface area contributed by atoms with E-state index in [-0.39, 0.29) is 6.10 Å². The monoisotopic (exact) mass is 380 g/mol. The number of nitrogens with zero attached hydrogens (tertiary/aromatic N) is 1. The molecule has 1 heterocycles. The van der Waals surface area contributed by atoms with Crippen molar-refractivity contribution in [3.63, 3.8) is 0 Å². The highest BCUT2D eigenvalue weighted by Crippen LogP contribution is 2.29. The molecule has 1 aliphatic rings. The van der Waals surface area contributed by atoms with Crippen molar-refractivity contribution in [1.29, 1.82) is 0 Å². The summed E-state index contributed by atoms with van der Waals surface area (Å²) in [4.78, 5) is 2.56. The van der Waals surface area contributed by atoms with Crippen molar-refractivity contribution in [2.45, 2.75) is 52.1 Å². The maximum absolute atomic E-state index is 6.29. The van der Waals surface area contributed by atoms with Crippen LogP contribution in [-0.2, 0) is 0 Å². The SMILES string of the molecule is C[C](C)CC(Oc1ccc(OCCCN2CCCCC2)cc1)c1ccccc1. The van der Waals surface area contributed by atoms with Crippen LogP contribution in [0, 0.1) is 5.92 Å². The van der Waals surface area contributed by atoms with Crippen LogP contribution in [-0.4, -0.2) is 31.1 Å². The summed E-state index contributed by atoms with van der Waals surface area (Å²) in [6.45, 7) is 8.73. The van der Waals surface area contributed by atoms with Gasteiger partial charge in [-0.2, -0.15) is 0 Å². The van der Waals surface area contributed by atoms with Gasteiger partial charge in [0.25, 0.3) is 0 Å². The van der Waals surface area contributed by atoms with E-state index in [9.17, 15) is 0 Å². The van der Waals surface area contributed by atoms with E-state index in [1.807, 2.05) is 30.3 Å². The zero-order chi connectivity index (χ0) is 19.6. The first-order valence-corrected chi connectivity index (χ1v) is 10.7. The molecule has 28 heavy (non-hydrogen) atoms. The van der Waals surface area contributed by atoms with Gasteiger partial charge in [0.15, 0.2) is 0 Å². The molecule has 0 saturated carbocycles. The van der Waals surface area contributed by atoms with Crippen molar-refractivity contribution < 1.29 is 9.47 Å². The Labute approximate surface area is 170 Å². The minimum absolute atomic E-state index is 0.0440. The predicted octanol–water partition coefficient (Wildman–Crippen LogP) is 6.07. The van der Waals surface area contributed by atoms with Crippen molar-refractivity contribution in [2.75, 3.05) is 26.2 Å². The third kappa shape index (κ3) is 6.87. The van der Waals surface area contributed by atoms with Crippen molar-refractivity contribution in [2.24, 2.45) is 0 Å². The molecule has 3 rings (SSSR count). The number of hydrogen-bond acceptors (Lipinski definition) is 3. The summed E-state index contributed by atoms with van der Waals surface area (Å²) in [5.41, 5.74) is 1.21. The van der Waals surface area contributed by atoms with E-state index >= 15 is 0 Å². The van der Waals surface area contributed by atoms with Crippen LogP contribution >= 0.6 is 0 Å². The maximum Gasteiger partial charge on any atom is 0.124 e. The molecule has 1 saturated heterocycles. The zero-order valence-electron chi connectivity index (χ0n) is 17.4. The first kappa shape index (κ1) is 20.7. The Bertz CT molecular complexity index is 663. The summed E-state index contributed by atoms with van der Waals surface area (Å²) in [7, 11) is 0. The van der Waals surface area contributed by atoms with E-state index in [4.69, 9.17) is 9.47 Å². The van der Waals surface area contributed by atoms with Gasteiger partial charge in [-0.1, -0.05) is 50.6 Å². The molecule has 0 bridgehead atoms. The number of piperidine rings is 1. The minimum atomic E-state index is 0.0440. The van der Waals surface area contributed by atoms with E-state index < -0.39 is 0 Å². The molecular formula is C25H34NO2. The first-order chi connectivity index (χ1) is 13.7. The maximum atomic E-state index is 6.29. The summed E-state index contributed by atoms with van der Waals surface area (Å²) < 4.78 is 12.2. The van der Waals surface area contributed by atoms with Gasteiger partial charge in [0.1, 0.15) is 17.6 Å². The molecule has 151 valence electrons. The van der Waals surface area contributed by atoms with E-state index in [0.29, 0.717) is 0 Å². The molecule has 1 atom stereocenters. The Balaban J connectivity index is 1.47. The topological polar surface area (TPSA) is 21.7 Å². The largest absolute Gasteiger partial charge is 0.494 e. The second-order valence-corrected chi connectivity index (χ2v) is 8.00. The van der Waals surface area contributed by atoms with E-state index in [1.165, 1.54) is 43.8 Å². The van der Waals surface area contributed by atoms with Crippen LogP contribution in [0.4, 0.5) is 0 Å². The molecular weight excluding hydrogens is 346 g/mol. The molecule has 1 fully saturated rings. The van der Waals surface area contributed by atoms with Crippen LogP contribution in [0.3, 0.4) is 0 Å². The fourth-order valence-electron chi connectivity index (χ4n) is 3.71. The van der Waals surface area contributed by atoms with Crippen LogP contribution in [0.1, 0.15) is 57.6 Å². The number of hydrogen-bond donors (Lipinski definition) is 0. The highest BCUT2D eigenvalue weighted by atomic mass is 16.5. The fourth-order valence-corrected chi connectivity index (χ4v) is 3.71.